The highest BCUT2D eigenvalue weighted by molar-refractivity contribution is 5.94. The molecule has 1 unspecified atom stereocenters. The number of rotatable bonds is 7. The van der Waals surface area contributed by atoms with E-state index < -0.39 is 0 Å². The van der Waals surface area contributed by atoms with Crippen molar-refractivity contribution in [2.75, 3.05) is 39.4 Å². The average Bonchev–Trinajstić information content (AvgIpc) is 3.11. The molecular formula is C20H30N2O3. The molecule has 1 N–H and O–H groups in total. The Morgan fingerprint density at radius 3 is 2.56 bits per heavy atom. The van der Waals surface area contributed by atoms with Crippen molar-refractivity contribution >= 4 is 5.91 Å². The van der Waals surface area contributed by atoms with E-state index in [1.54, 1.807) is 0 Å². The Morgan fingerprint density at radius 2 is 1.84 bits per heavy atom. The van der Waals surface area contributed by atoms with Crippen molar-refractivity contribution in [1.82, 2.24) is 9.80 Å². The minimum Gasteiger partial charge on any atom is -0.494 e. The number of likely N-dealkylation sites (tertiary alicyclic amines) is 2. The van der Waals surface area contributed by atoms with Crippen molar-refractivity contribution in [1.29, 1.82) is 0 Å². The molecular weight excluding hydrogens is 316 g/mol. The molecule has 25 heavy (non-hydrogen) atoms. The maximum atomic E-state index is 12.9. The molecule has 0 bridgehead atoms. The Morgan fingerprint density at radius 1 is 1.08 bits per heavy atom. The van der Waals surface area contributed by atoms with Crippen molar-refractivity contribution < 1.29 is 14.6 Å². The lowest BCUT2D eigenvalue weighted by molar-refractivity contribution is 0.0690. The Labute approximate surface area is 150 Å². The molecule has 2 fully saturated rings. The number of carbonyl (C=O) groups excluding carboxylic acids is 1. The van der Waals surface area contributed by atoms with Gasteiger partial charge < -0.3 is 19.6 Å². The lowest BCUT2D eigenvalue weighted by Gasteiger charge is -2.33. The molecule has 1 aromatic rings. The van der Waals surface area contributed by atoms with Crippen LogP contribution in [0.25, 0.3) is 0 Å². The Balaban J connectivity index is 1.57. The van der Waals surface area contributed by atoms with Gasteiger partial charge in [0.15, 0.2) is 0 Å². The quantitative estimate of drug-likeness (QED) is 0.771. The summed E-state index contributed by atoms with van der Waals surface area (Å²) in [5.41, 5.74) is 0.736. The molecule has 1 aromatic carbocycles. The zero-order chi connectivity index (χ0) is 17.5. The molecule has 0 saturated carbocycles. The molecule has 2 aliphatic rings. The first-order chi connectivity index (χ1) is 12.3. The van der Waals surface area contributed by atoms with E-state index in [0.717, 1.165) is 37.2 Å². The van der Waals surface area contributed by atoms with Crippen LogP contribution in [-0.4, -0.2) is 66.2 Å². The first kappa shape index (κ1) is 18.2. The number of aliphatic hydroxyl groups excluding tert-OH is 1. The molecule has 3 rings (SSSR count). The summed E-state index contributed by atoms with van der Waals surface area (Å²) >= 11 is 0. The molecule has 2 saturated heterocycles. The van der Waals surface area contributed by atoms with E-state index >= 15 is 0 Å². The van der Waals surface area contributed by atoms with E-state index in [-0.39, 0.29) is 12.5 Å². The van der Waals surface area contributed by atoms with Crippen LogP contribution in [-0.2, 0) is 0 Å². The van der Waals surface area contributed by atoms with Crippen molar-refractivity contribution in [2.45, 2.75) is 44.6 Å². The van der Waals surface area contributed by atoms with Crippen molar-refractivity contribution in [3.63, 3.8) is 0 Å². The van der Waals surface area contributed by atoms with Crippen LogP contribution >= 0.6 is 0 Å². The third-order valence-corrected chi connectivity index (χ3v) is 5.23. The molecule has 2 aliphatic heterocycles. The van der Waals surface area contributed by atoms with Gasteiger partial charge in [0.25, 0.3) is 5.91 Å². The van der Waals surface area contributed by atoms with Crippen LogP contribution < -0.4 is 4.74 Å². The second-order valence-corrected chi connectivity index (χ2v) is 7.11. The Bertz CT molecular complexity index is 540. The van der Waals surface area contributed by atoms with E-state index in [9.17, 15) is 4.79 Å². The summed E-state index contributed by atoms with van der Waals surface area (Å²) in [5, 5.41) is 8.79. The summed E-state index contributed by atoms with van der Waals surface area (Å²) < 4.78 is 5.54. The van der Waals surface area contributed by atoms with Gasteiger partial charge in [-0.05, 0) is 63.0 Å². The summed E-state index contributed by atoms with van der Waals surface area (Å²) in [6.07, 6.45) is 6.76. The normalized spacial score (nSPS) is 21.5. The zero-order valence-corrected chi connectivity index (χ0v) is 15.0. The summed E-state index contributed by atoms with van der Waals surface area (Å²) in [6, 6.07) is 7.76. The van der Waals surface area contributed by atoms with E-state index in [1.165, 1.54) is 32.4 Å². The topological polar surface area (TPSA) is 53.0 Å². The second-order valence-electron chi connectivity index (χ2n) is 7.11. The predicted molar refractivity (Wildman–Crippen MR) is 98.0 cm³/mol. The van der Waals surface area contributed by atoms with Gasteiger partial charge in [-0.3, -0.25) is 4.79 Å². The smallest absolute Gasteiger partial charge is 0.254 e. The number of hydrogen-bond donors (Lipinski definition) is 1. The molecule has 0 spiro atoms. The first-order valence-corrected chi connectivity index (χ1v) is 9.65. The minimum absolute atomic E-state index is 0.129. The van der Waals surface area contributed by atoms with Crippen molar-refractivity contribution in [3.05, 3.63) is 29.8 Å². The first-order valence-electron chi connectivity index (χ1n) is 9.65. The third kappa shape index (κ3) is 4.95. The average molecular weight is 346 g/mol. The monoisotopic (exact) mass is 346 g/mol. The molecule has 1 amide bonds. The van der Waals surface area contributed by atoms with Gasteiger partial charge in [0, 0.05) is 37.7 Å². The van der Waals surface area contributed by atoms with Crippen LogP contribution in [0.5, 0.6) is 5.75 Å². The van der Waals surface area contributed by atoms with Gasteiger partial charge in [-0.2, -0.15) is 0 Å². The van der Waals surface area contributed by atoms with Gasteiger partial charge in [0.2, 0.25) is 0 Å². The predicted octanol–water partition coefficient (Wildman–Crippen LogP) is 2.54. The van der Waals surface area contributed by atoms with Crippen molar-refractivity contribution in [2.24, 2.45) is 0 Å². The number of piperidine rings is 1. The molecule has 1 atom stereocenters. The number of aliphatic hydroxyl groups is 1. The molecule has 0 aromatic heterocycles. The SMILES string of the molecule is O=C(c1ccc(OCCCO)cc1)N1CCCC1CN1CCCCC1. The van der Waals surface area contributed by atoms with Crippen LogP contribution in [0.3, 0.4) is 0 Å². The summed E-state index contributed by atoms with van der Waals surface area (Å²) in [5.74, 6) is 0.887. The van der Waals surface area contributed by atoms with E-state index in [2.05, 4.69) is 9.80 Å². The van der Waals surface area contributed by atoms with Crippen LogP contribution in [0.15, 0.2) is 24.3 Å². The largest absolute Gasteiger partial charge is 0.494 e. The fraction of sp³-hybridized carbons (Fsp3) is 0.650. The maximum Gasteiger partial charge on any atom is 0.254 e. The third-order valence-electron chi connectivity index (χ3n) is 5.23. The number of amides is 1. The highest BCUT2D eigenvalue weighted by atomic mass is 16.5. The fourth-order valence-corrected chi connectivity index (χ4v) is 3.85. The van der Waals surface area contributed by atoms with Gasteiger partial charge in [-0.1, -0.05) is 6.42 Å². The van der Waals surface area contributed by atoms with Gasteiger partial charge in [0.1, 0.15) is 5.75 Å². The Hall–Kier alpha value is -1.59. The minimum atomic E-state index is 0.129. The van der Waals surface area contributed by atoms with Crippen LogP contribution in [0, 0.1) is 0 Å². The summed E-state index contributed by atoms with van der Waals surface area (Å²) in [6.45, 7) is 4.87. The van der Waals surface area contributed by atoms with Crippen LogP contribution in [0.1, 0.15) is 48.9 Å². The van der Waals surface area contributed by atoms with Gasteiger partial charge >= 0.3 is 0 Å². The number of carbonyl (C=O) groups is 1. The number of benzene rings is 1. The number of ether oxygens (including phenoxy) is 1. The number of hydrogen-bond acceptors (Lipinski definition) is 4. The maximum absolute atomic E-state index is 12.9. The van der Waals surface area contributed by atoms with E-state index in [4.69, 9.17) is 9.84 Å². The molecule has 5 heteroatoms. The molecule has 5 nitrogen and oxygen atoms in total. The van der Waals surface area contributed by atoms with Gasteiger partial charge in [-0.15, -0.1) is 0 Å². The highest BCUT2D eigenvalue weighted by Gasteiger charge is 2.31. The second kappa shape index (κ2) is 9.20. The molecule has 2 heterocycles. The summed E-state index contributed by atoms with van der Waals surface area (Å²) in [4.78, 5) is 17.5. The van der Waals surface area contributed by atoms with E-state index in [1.807, 2.05) is 24.3 Å². The lowest BCUT2D eigenvalue weighted by Crippen LogP contribution is -2.44. The lowest BCUT2D eigenvalue weighted by atomic mass is 10.1. The fourth-order valence-electron chi connectivity index (χ4n) is 3.85. The van der Waals surface area contributed by atoms with Crippen molar-refractivity contribution in [3.8, 4) is 5.75 Å². The standard InChI is InChI=1S/C20H30N2O3/c23-14-5-15-25-19-9-7-17(8-10-19)20(24)22-13-4-6-18(22)16-21-11-2-1-3-12-21/h7-10,18,23H,1-6,11-16H2. The molecule has 0 aliphatic carbocycles. The van der Waals surface area contributed by atoms with E-state index in [0.29, 0.717) is 19.1 Å². The zero-order valence-electron chi connectivity index (χ0n) is 15.0. The van der Waals surface area contributed by atoms with Gasteiger partial charge in [0.05, 0.1) is 6.61 Å². The summed E-state index contributed by atoms with van der Waals surface area (Å²) in [7, 11) is 0. The highest BCUT2D eigenvalue weighted by Crippen LogP contribution is 2.23. The molecule has 0 radical (unpaired) electrons. The Kier molecular flexibility index (Phi) is 6.70. The molecule has 138 valence electrons. The van der Waals surface area contributed by atoms with Gasteiger partial charge in [-0.25, -0.2) is 0 Å². The van der Waals surface area contributed by atoms with Crippen LogP contribution in [0.2, 0.25) is 0 Å². The number of nitrogens with zero attached hydrogens (tertiary/aromatic N) is 2. The van der Waals surface area contributed by atoms with Crippen LogP contribution in [0.4, 0.5) is 0 Å².